The summed E-state index contributed by atoms with van der Waals surface area (Å²) in [5.41, 5.74) is 5.21. The predicted octanol–water partition coefficient (Wildman–Crippen LogP) is 2.80. The molecule has 3 aromatic rings. The van der Waals surface area contributed by atoms with E-state index in [1.807, 2.05) is 36.4 Å². The van der Waals surface area contributed by atoms with E-state index in [0.717, 1.165) is 0 Å². The molecule has 0 saturated carbocycles. The maximum Gasteiger partial charge on any atom is 0.305 e. The topological polar surface area (TPSA) is 110 Å². The Morgan fingerprint density at radius 2 is 1.58 bits per heavy atom. The number of benzene rings is 2. The number of ether oxygens (including phenoxy) is 1. The SMILES string of the molecule is CC(=O)N/C(=C\c1ccccc1)C(=O)NNC(=O)c1ccc(COc2ccccc2)o1. The summed E-state index contributed by atoms with van der Waals surface area (Å²) in [7, 11) is 0. The zero-order valence-electron chi connectivity index (χ0n) is 16.8. The van der Waals surface area contributed by atoms with Gasteiger partial charge in [0.25, 0.3) is 5.91 Å². The molecular weight excluding hydrogens is 398 g/mol. The van der Waals surface area contributed by atoms with Crippen molar-refractivity contribution < 1.29 is 23.5 Å². The molecule has 0 spiro atoms. The van der Waals surface area contributed by atoms with E-state index in [0.29, 0.717) is 17.1 Å². The van der Waals surface area contributed by atoms with Crippen LogP contribution in [0.3, 0.4) is 0 Å². The minimum absolute atomic E-state index is 0.0000720. The minimum atomic E-state index is -0.688. The van der Waals surface area contributed by atoms with Crippen LogP contribution in [-0.4, -0.2) is 17.7 Å². The fraction of sp³-hybridized carbons (Fsp3) is 0.0870. The van der Waals surface area contributed by atoms with Gasteiger partial charge in [0, 0.05) is 6.92 Å². The second-order valence-corrected chi connectivity index (χ2v) is 6.43. The Hall–Kier alpha value is -4.33. The molecule has 0 aliphatic heterocycles. The standard InChI is InChI=1S/C23H21N3O5/c1-16(27)24-20(14-17-8-4-2-5-9-17)22(28)25-26-23(29)21-13-12-19(31-21)15-30-18-10-6-3-7-11-18/h2-14H,15H2,1H3,(H,24,27)(H,25,28)(H,26,29)/b20-14-. The van der Waals surface area contributed by atoms with Gasteiger partial charge in [0.2, 0.25) is 5.91 Å². The van der Waals surface area contributed by atoms with Crippen LogP contribution in [0.1, 0.15) is 28.8 Å². The van der Waals surface area contributed by atoms with Gasteiger partial charge in [-0.25, -0.2) is 0 Å². The predicted molar refractivity (Wildman–Crippen MR) is 113 cm³/mol. The number of furan rings is 1. The first-order chi connectivity index (χ1) is 15.0. The van der Waals surface area contributed by atoms with Crippen molar-refractivity contribution in [2.45, 2.75) is 13.5 Å². The van der Waals surface area contributed by atoms with Crippen molar-refractivity contribution >= 4 is 23.8 Å². The van der Waals surface area contributed by atoms with Crippen LogP contribution >= 0.6 is 0 Å². The molecule has 0 aliphatic carbocycles. The Kier molecular flexibility index (Phi) is 7.21. The molecule has 0 atom stereocenters. The summed E-state index contributed by atoms with van der Waals surface area (Å²) in [5.74, 6) is -0.637. The number of carbonyl (C=O) groups excluding carboxylic acids is 3. The Labute approximate surface area is 178 Å². The second kappa shape index (κ2) is 10.4. The van der Waals surface area contributed by atoms with E-state index >= 15 is 0 Å². The van der Waals surface area contributed by atoms with E-state index in [-0.39, 0.29) is 18.1 Å². The van der Waals surface area contributed by atoms with E-state index in [1.165, 1.54) is 19.1 Å². The molecule has 0 unspecified atom stereocenters. The highest BCUT2D eigenvalue weighted by Crippen LogP contribution is 2.14. The molecule has 0 radical (unpaired) electrons. The number of hydrogen-bond donors (Lipinski definition) is 3. The first kappa shape index (κ1) is 21.4. The van der Waals surface area contributed by atoms with Crippen LogP contribution in [0.5, 0.6) is 5.75 Å². The number of rotatable bonds is 7. The van der Waals surface area contributed by atoms with Crippen molar-refractivity contribution in [2.24, 2.45) is 0 Å². The third kappa shape index (κ3) is 6.60. The normalized spacial score (nSPS) is 10.8. The van der Waals surface area contributed by atoms with Crippen LogP contribution in [0.2, 0.25) is 0 Å². The molecule has 31 heavy (non-hydrogen) atoms. The zero-order chi connectivity index (χ0) is 22.1. The van der Waals surface area contributed by atoms with Gasteiger partial charge >= 0.3 is 5.91 Å². The monoisotopic (exact) mass is 419 g/mol. The molecule has 1 aromatic heterocycles. The fourth-order valence-corrected chi connectivity index (χ4v) is 2.56. The lowest BCUT2D eigenvalue weighted by molar-refractivity contribution is -0.122. The highest BCUT2D eigenvalue weighted by atomic mass is 16.5. The van der Waals surface area contributed by atoms with E-state index in [1.54, 1.807) is 30.3 Å². The third-order valence-electron chi connectivity index (χ3n) is 3.97. The van der Waals surface area contributed by atoms with Gasteiger partial charge in [0.1, 0.15) is 23.8 Å². The van der Waals surface area contributed by atoms with Crippen LogP contribution in [0.15, 0.2) is 82.9 Å². The van der Waals surface area contributed by atoms with Crippen molar-refractivity contribution in [1.82, 2.24) is 16.2 Å². The average molecular weight is 419 g/mol. The van der Waals surface area contributed by atoms with Gasteiger partial charge in [0.05, 0.1) is 0 Å². The largest absolute Gasteiger partial charge is 0.486 e. The summed E-state index contributed by atoms with van der Waals surface area (Å²) in [6, 6.07) is 21.2. The molecular formula is C23H21N3O5. The zero-order valence-corrected chi connectivity index (χ0v) is 16.8. The quantitative estimate of drug-likeness (QED) is 0.403. The molecule has 1 heterocycles. The number of hydrogen-bond acceptors (Lipinski definition) is 5. The van der Waals surface area contributed by atoms with Crippen LogP contribution in [0.25, 0.3) is 6.08 Å². The van der Waals surface area contributed by atoms with Crippen molar-refractivity contribution in [3.8, 4) is 5.75 Å². The average Bonchev–Trinajstić information content (AvgIpc) is 3.26. The van der Waals surface area contributed by atoms with Crippen LogP contribution in [0.4, 0.5) is 0 Å². The maximum absolute atomic E-state index is 12.4. The molecule has 8 heteroatoms. The number of hydrazine groups is 1. The Morgan fingerprint density at radius 1 is 0.903 bits per heavy atom. The Bertz CT molecular complexity index is 1070. The summed E-state index contributed by atoms with van der Waals surface area (Å²) < 4.78 is 11.0. The van der Waals surface area contributed by atoms with Crippen LogP contribution < -0.4 is 20.9 Å². The van der Waals surface area contributed by atoms with Crippen molar-refractivity contribution in [3.63, 3.8) is 0 Å². The van der Waals surface area contributed by atoms with Gasteiger partial charge < -0.3 is 14.5 Å². The summed E-state index contributed by atoms with van der Waals surface area (Å²) in [6.45, 7) is 1.43. The highest BCUT2D eigenvalue weighted by molar-refractivity contribution is 6.02. The van der Waals surface area contributed by atoms with E-state index in [4.69, 9.17) is 9.15 Å². The summed E-state index contributed by atoms with van der Waals surface area (Å²) in [5, 5.41) is 2.45. The Balaban J connectivity index is 1.57. The molecule has 2 aromatic carbocycles. The van der Waals surface area contributed by atoms with Crippen molar-refractivity contribution in [2.75, 3.05) is 0 Å². The van der Waals surface area contributed by atoms with Crippen LogP contribution in [0, 0.1) is 0 Å². The van der Waals surface area contributed by atoms with Crippen molar-refractivity contribution in [3.05, 3.63) is 95.6 Å². The number of nitrogens with one attached hydrogen (secondary N) is 3. The van der Waals surface area contributed by atoms with Gasteiger partial charge in [-0.05, 0) is 35.9 Å². The molecule has 8 nitrogen and oxygen atoms in total. The lowest BCUT2D eigenvalue weighted by atomic mass is 10.2. The molecule has 0 aliphatic rings. The molecule has 0 fully saturated rings. The number of amides is 3. The minimum Gasteiger partial charge on any atom is -0.486 e. The van der Waals surface area contributed by atoms with E-state index < -0.39 is 17.7 Å². The van der Waals surface area contributed by atoms with Crippen LogP contribution in [-0.2, 0) is 16.2 Å². The maximum atomic E-state index is 12.4. The number of para-hydroxylation sites is 1. The molecule has 158 valence electrons. The summed E-state index contributed by atoms with van der Waals surface area (Å²) in [4.78, 5) is 36.1. The highest BCUT2D eigenvalue weighted by Gasteiger charge is 2.15. The van der Waals surface area contributed by atoms with Gasteiger partial charge in [-0.2, -0.15) is 0 Å². The van der Waals surface area contributed by atoms with Gasteiger partial charge in [0.15, 0.2) is 5.76 Å². The van der Waals surface area contributed by atoms with Crippen molar-refractivity contribution in [1.29, 1.82) is 0 Å². The molecule has 3 amide bonds. The molecule has 0 bridgehead atoms. The second-order valence-electron chi connectivity index (χ2n) is 6.43. The smallest absolute Gasteiger partial charge is 0.305 e. The summed E-state index contributed by atoms with van der Waals surface area (Å²) >= 11 is 0. The molecule has 3 rings (SSSR count). The summed E-state index contributed by atoms with van der Waals surface area (Å²) in [6.07, 6.45) is 1.49. The first-order valence-electron chi connectivity index (χ1n) is 9.43. The first-order valence-corrected chi connectivity index (χ1v) is 9.43. The third-order valence-corrected chi connectivity index (χ3v) is 3.97. The number of carbonyl (C=O) groups is 3. The fourth-order valence-electron chi connectivity index (χ4n) is 2.56. The molecule has 0 saturated heterocycles. The van der Waals surface area contributed by atoms with Gasteiger partial charge in [-0.15, -0.1) is 0 Å². The lowest BCUT2D eigenvalue weighted by Gasteiger charge is -2.10. The van der Waals surface area contributed by atoms with Gasteiger partial charge in [-0.3, -0.25) is 25.2 Å². The van der Waals surface area contributed by atoms with E-state index in [9.17, 15) is 14.4 Å². The lowest BCUT2D eigenvalue weighted by Crippen LogP contribution is -2.44. The van der Waals surface area contributed by atoms with E-state index in [2.05, 4.69) is 16.2 Å². The van der Waals surface area contributed by atoms with Gasteiger partial charge in [-0.1, -0.05) is 48.5 Å². The Morgan fingerprint density at radius 3 is 2.26 bits per heavy atom. The molecule has 3 N–H and O–H groups in total.